The summed E-state index contributed by atoms with van der Waals surface area (Å²) in [7, 11) is 0. The van der Waals surface area contributed by atoms with E-state index in [9.17, 15) is 4.79 Å². The molecule has 1 aromatic rings. The van der Waals surface area contributed by atoms with E-state index in [1.54, 1.807) is 0 Å². The zero-order valence-electron chi connectivity index (χ0n) is 11.3. The van der Waals surface area contributed by atoms with Crippen LogP contribution in [-0.2, 0) is 17.8 Å². The van der Waals surface area contributed by atoms with E-state index in [0.717, 1.165) is 37.4 Å². The highest BCUT2D eigenvalue weighted by Gasteiger charge is 2.19. The number of aliphatic carboxylic acids is 1. The van der Waals surface area contributed by atoms with Gasteiger partial charge in [0, 0.05) is 36.5 Å². The number of fused-ring (bicyclic) bond motifs is 1. The third kappa shape index (κ3) is 3.67. The number of rotatable bonds is 5. The summed E-state index contributed by atoms with van der Waals surface area (Å²) in [6.45, 7) is 7.20. The van der Waals surface area contributed by atoms with Gasteiger partial charge in [0.25, 0.3) is 0 Å². The number of hydrogen-bond donors (Lipinski definition) is 1. The first-order chi connectivity index (χ1) is 9.10. The van der Waals surface area contributed by atoms with E-state index in [-0.39, 0.29) is 6.42 Å². The van der Waals surface area contributed by atoms with Crippen LogP contribution in [0.2, 0.25) is 0 Å². The molecule has 0 aromatic carbocycles. The zero-order chi connectivity index (χ0) is 13.8. The first-order valence-electron chi connectivity index (χ1n) is 6.53. The Kier molecular flexibility index (Phi) is 4.76. The third-order valence-electron chi connectivity index (χ3n) is 3.32. The molecule has 1 aliphatic heterocycles. The Labute approximate surface area is 117 Å². The number of carboxylic acid groups (broad SMARTS) is 1. The molecule has 0 unspecified atom stereocenters. The smallest absolute Gasteiger partial charge is 0.304 e. The Morgan fingerprint density at radius 2 is 2.26 bits per heavy atom. The predicted molar refractivity (Wildman–Crippen MR) is 74.4 cm³/mol. The van der Waals surface area contributed by atoms with Crippen LogP contribution in [0.4, 0.5) is 0 Å². The van der Waals surface area contributed by atoms with Crippen LogP contribution in [0, 0.1) is 6.92 Å². The largest absolute Gasteiger partial charge is 0.481 e. The van der Waals surface area contributed by atoms with E-state index in [1.165, 1.54) is 17.3 Å². The summed E-state index contributed by atoms with van der Waals surface area (Å²) < 4.78 is 0. The van der Waals surface area contributed by atoms with Crippen LogP contribution in [0.15, 0.2) is 5.16 Å². The molecular formula is C13H19N3O2S. The van der Waals surface area contributed by atoms with Crippen LogP contribution < -0.4 is 0 Å². The lowest BCUT2D eigenvalue weighted by Crippen LogP contribution is -2.31. The number of aryl methyl sites for hydroxylation is 1. The van der Waals surface area contributed by atoms with Gasteiger partial charge in [-0.2, -0.15) is 0 Å². The normalized spacial score (nSPS) is 15.3. The fourth-order valence-electron chi connectivity index (χ4n) is 2.17. The summed E-state index contributed by atoms with van der Waals surface area (Å²) in [5.74, 6) is -0.255. The molecule has 0 bridgehead atoms. The molecule has 0 radical (unpaired) electrons. The average molecular weight is 281 g/mol. The second kappa shape index (κ2) is 6.34. The van der Waals surface area contributed by atoms with E-state index < -0.39 is 5.97 Å². The molecule has 5 nitrogen and oxygen atoms in total. The van der Waals surface area contributed by atoms with Gasteiger partial charge >= 0.3 is 5.97 Å². The lowest BCUT2D eigenvalue weighted by Gasteiger charge is -2.27. The second-order valence-electron chi connectivity index (χ2n) is 4.63. The Morgan fingerprint density at radius 3 is 2.95 bits per heavy atom. The highest BCUT2D eigenvalue weighted by molar-refractivity contribution is 7.99. The van der Waals surface area contributed by atoms with Gasteiger partial charge in [-0.25, -0.2) is 9.97 Å². The monoisotopic (exact) mass is 281 g/mol. The summed E-state index contributed by atoms with van der Waals surface area (Å²) >= 11 is 1.43. The van der Waals surface area contributed by atoms with Crippen molar-refractivity contribution in [2.24, 2.45) is 0 Å². The lowest BCUT2D eigenvalue weighted by molar-refractivity contribution is -0.136. The van der Waals surface area contributed by atoms with Crippen molar-refractivity contribution in [3.05, 3.63) is 17.0 Å². The van der Waals surface area contributed by atoms with Gasteiger partial charge in [0.05, 0.1) is 12.1 Å². The Morgan fingerprint density at radius 1 is 1.47 bits per heavy atom. The minimum atomic E-state index is -0.777. The van der Waals surface area contributed by atoms with Gasteiger partial charge < -0.3 is 5.11 Å². The van der Waals surface area contributed by atoms with Crippen molar-refractivity contribution in [1.29, 1.82) is 0 Å². The van der Waals surface area contributed by atoms with Gasteiger partial charge in [0.2, 0.25) is 0 Å². The first-order valence-corrected chi connectivity index (χ1v) is 7.52. The van der Waals surface area contributed by atoms with Gasteiger partial charge in [-0.3, -0.25) is 9.69 Å². The van der Waals surface area contributed by atoms with E-state index in [0.29, 0.717) is 10.9 Å². The Bertz CT molecular complexity index is 479. The quantitative estimate of drug-likeness (QED) is 0.655. The van der Waals surface area contributed by atoms with Gasteiger partial charge in [-0.05, 0) is 13.5 Å². The summed E-state index contributed by atoms with van der Waals surface area (Å²) in [6.07, 6.45) is 1.10. The van der Waals surface area contributed by atoms with Crippen molar-refractivity contribution in [1.82, 2.24) is 14.9 Å². The summed E-state index contributed by atoms with van der Waals surface area (Å²) in [5, 5.41) is 9.35. The molecule has 0 atom stereocenters. The molecule has 0 saturated heterocycles. The number of likely N-dealkylation sites (N-methyl/N-ethyl adjacent to an activating group) is 1. The van der Waals surface area contributed by atoms with E-state index >= 15 is 0 Å². The van der Waals surface area contributed by atoms with E-state index in [2.05, 4.69) is 21.8 Å². The van der Waals surface area contributed by atoms with Gasteiger partial charge in [0.15, 0.2) is 5.16 Å². The summed E-state index contributed by atoms with van der Waals surface area (Å²) in [6, 6.07) is 0. The maximum atomic E-state index is 10.5. The molecule has 0 fully saturated rings. The van der Waals surface area contributed by atoms with Gasteiger partial charge in [-0.15, -0.1) is 0 Å². The highest BCUT2D eigenvalue weighted by atomic mass is 32.2. The SMILES string of the molecule is CCN1CCc2nc(SCCC(=O)O)nc(C)c2C1. The van der Waals surface area contributed by atoms with Gasteiger partial charge in [-0.1, -0.05) is 18.7 Å². The topological polar surface area (TPSA) is 66.3 Å². The first kappa shape index (κ1) is 14.3. The molecule has 1 N–H and O–H groups in total. The number of carbonyl (C=O) groups is 1. The molecule has 0 aliphatic carbocycles. The molecule has 1 aliphatic rings. The Balaban J connectivity index is 2.09. The van der Waals surface area contributed by atoms with Crippen LogP contribution in [-0.4, -0.2) is 44.8 Å². The lowest BCUT2D eigenvalue weighted by atomic mass is 10.0. The number of carboxylic acids is 1. The molecule has 0 amide bonds. The van der Waals surface area contributed by atoms with Crippen molar-refractivity contribution in [2.75, 3.05) is 18.8 Å². The fourth-order valence-corrected chi connectivity index (χ4v) is 3.01. The Hall–Kier alpha value is -1.14. The number of nitrogens with zero attached hydrogens (tertiary/aromatic N) is 3. The molecule has 0 saturated carbocycles. The average Bonchev–Trinajstić information content (AvgIpc) is 2.38. The van der Waals surface area contributed by atoms with Crippen molar-refractivity contribution in [3.63, 3.8) is 0 Å². The number of thioether (sulfide) groups is 1. The van der Waals surface area contributed by atoms with Crippen molar-refractivity contribution < 1.29 is 9.90 Å². The molecule has 104 valence electrons. The number of hydrogen-bond acceptors (Lipinski definition) is 5. The van der Waals surface area contributed by atoms with Crippen LogP contribution in [0.3, 0.4) is 0 Å². The zero-order valence-corrected chi connectivity index (χ0v) is 12.2. The minimum Gasteiger partial charge on any atom is -0.481 e. The minimum absolute atomic E-state index is 0.147. The van der Waals surface area contributed by atoms with Gasteiger partial charge in [0.1, 0.15) is 0 Å². The van der Waals surface area contributed by atoms with Crippen LogP contribution in [0.5, 0.6) is 0 Å². The number of aromatic nitrogens is 2. The van der Waals surface area contributed by atoms with Crippen LogP contribution in [0.25, 0.3) is 0 Å². The van der Waals surface area contributed by atoms with Crippen molar-refractivity contribution in [3.8, 4) is 0 Å². The molecular weight excluding hydrogens is 262 g/mol. The molecule has 0 spiro atoms. The standard InChI is InChI=1S/C13H19N3O2S/c1-3-16-6-4-11-10(8-16)9(2)14-13(15-11)19-7-5-12(17)18/h3-8H2,1-2H3,(H,17,18). The maximum Gasteiger partial charge on any atom is 0.304 e. The van der Waals surface area contributed by atoms with Crippen molar-refractivity contribution >= 4 is 17.7 Å². The van der Waals surface area contributed by atoms with Crippen LogP contribution in [0.1, 0.15) is 30.3 Å². The second-order valence-corrected chi connectivity index (χ2v) is 5.69. The van der Waals surface area contributed by atoms with Crippen LogP contribution >= 0.6 is 11.8 Å². The fraction of sp³-hybridized carbons (Fsp3) is 0.615. The van der Waals surface area contributed by atoms with E-state index in [4.69, 9.17) is 5.11 Å². The summed E-state index contributed by atoms with van der Waals surface area (Å²) in [4.78, 5) is 21.9. The predicted octanol–water partition coefficient (Wildman–Crippen LogP) is 1.73. The van der Waals surface area contributed by atoms with Crippen molar-refractivity contribution in [2.45, 2.75) is 38.4 Å². The third-order valence-corrected chi connectivity index (χ3v) is 4.17. The molecule has 2 rings (SSSR count). The molecule has 1 aromatic heterocycles. The molecule has 19 heavy (non-hydrogen) atoms. The van der Waals surface area contributed by atoms with E-state index in [1.807, 2.05) is 6.92 Å². The molecule has 2 heterocycles. The maximum absolute atomic E-state index is 10.5. The molecule has 6 heteroatoms. The summed E-state index contributed by atoms with van der Waals surface area (Å²) in [5.41, 5.74) is 3.41. The highest BCUT2D eigenvalue weighted by Crippen LogP contribution is 2.23.